The third-order valence-electron chi connectivity index (χ3n) is 3.54. The molecular weight excluding hydrogens is 306 g/mol. The van der Waals surface area contributed by atoms with Crippen molar-refractivity contribution < 1.29 is 9.90 Å². The van der Waals surface area contributed by atoms with Crippen molar-refractivity contribution in [3.63, 3.8) is 0 Å². The van der Waals surface area contributed by atoms with Crippen LogP contribution < -0.4 is 0 Å². The van der Waals surface area contributed by atoms with Crippen LogP contribution in [0, 0.1) is 0 Å². The van der Waals surface area contributed by atoms with Gasteiger partial charge in [-0.1, -0.05) is 28.1 Å². The van der Waals surface area contributed by atoms with E-state index in [0.29, 0.717) is 13.0 Å². The fourth-order valence-corrected chi connectivity index (χ4v) is 2.98. The first-order valence-corrected chi connectivity index (χ1v) is 7.50. The van der Waals surface area contributed by atoms with Crippen molar-refractivity contribution in [3.8, 4) is 0 Å². The topological polar surface area (TPSA) is 40.5 Å². The number of piperidine rings is 1. The maximum absolute atomic E-state index is 12.1. The van der Waals surface area contributed by atoms with E-state index in [1.165, 1.54) is 0 Å². The molecule has 1 unspecified atom stereocenters. The maximum Gasteiger partial charge on any atom is 0.222 e. The molecule has 1 aromatic rings. The molecule has 1 heterocycles. The molecule has 1 atom stereocenters. The van der Waals surface area contributed by atoms with Gasteiger partial charge in [-0.15, -0.1) is 0 Å². The lowest BCUT2D eigenvalue weighted by atomic mass is 9.95. The Labute approximate surface area is 122 Å². The van der Waals surface area contributed by atoms with Crippen LogP contribution in [-0.2, 0) is 11.2 Å². The Hall–Kier alpha value is -0.870. The normalized spacial score (nSPS) is 23.4. The van der Waals surface area contributed by atoms with Crippen molar-refractivity contribution in [1.29, 1.82) is 0 Å². The highest BCUT2D eigenvalue weighted by Crippen LogP contribution is 2.21. The molecule has 1 N–H and O–H groups in total. The molecule has 0 saturated carbocycles. The highest BCUT2D eigenvalue weighted by Gasteiger charge is 2.30. The van der Waals surface area contributed by atoms with Crippen molar-refractivity contribution >= 4 is 21.8 Å². The van der Waals surface area contributed by atoms with Crippen LogP contribution >= 0.6 is 15.9 Å². The van der Waals surface area contributed by atoms with Crippen LogP contribution in [0.15, 0.2) is 28.7 Å². The quantitative estimate of drug-likeness (QED) is 0.928. The lowest BCUT2D eigenvalue weighted by Gasteiger charge is -2.36. The van der Waals surface area contributed by atoms with Crippen molar-refractivity contribution in [2.75, 3.05) is 13.1 Å². The molecule has 1 aromatic carbocycles. The monoisotopic (exact) mass is 325 g/mol. The molecule has 0 spiro atoms. The van der Waals surface area contributed by atoms with Gasteiger partial charge in [0.2, 0.25) is 5.91 Å². The van der Waals surface area contributed by atoms with Gasteiger partial charge in [-0.25, -0.2) is 0 Å². The molecule has 0 aliphatic carbocycles. The van der Waals surface area contributed by atoms with Crippen LogP contribution in [0.2, 0.25) is 0 Å². The average Bonchev–Trinajstić information content (AvgIpc) is 2.35. The van der Waals surface area contributed by atoms with Crippen molar-refractivity contribution in [1.82, 2.24) is 4.90 Å². The Morgan fingerprint density at radius 1 is 1.53 bits per heavy atom. The van der Waals surface area contributed by atoms with E-state index in [0.717, 1.165) is 35.8 Å². The number of amides is 1. The first-order chi connectivity index (χ1) is 8.96. The van der Waals surface area contributed by atoms with Gasteiger partial charge < -0.3 is 10.0 Å². The number of hydrogen-bond acceptors (Lipinski definition) is 2. The molecule has 0 aromatic heterocycles. The number of β-amino-alcohol motifs (C(OH)–C–C–N with tert-alkyl or cyclic N) is 1. The van der Waals surface area contributed by atoms with Crippen LogP contribution in [0.1, 0.15) is 31.7 Å². The summed E-state index contributed by atoms with van der Waals surface area (Å²) in [5.74, 6) is 0.139. The largest absolute Gasteiger partial charge is 0.388 e. The summed E-state index contributed by atoms with van der Waals surface area (Å²) in [5.41, 5.74) is 0.440. The fourth-order valence-electron chi connectivity index (χ4n) is 2.53. The molecule has 2 rings (SSSR count). The first-order valence-electron chi connectivity index (χ1n) is 6.71. The SMILES string of the molecule is CC1(O)CCCN(C(=O)CCc2cccc(Br)c2)C1. The van der Waals surface area contributed by atoms with Gasteiger partial charge in [-0.05, 0) is 43.9 Å². The van der Waals surface area contributed by atoms with Crippen LogP contribution in [-0.4, -0.2) is 34.6 Å². The number of hydrogen-bond donors (Lipinski definition) is 1. The standard InChI is InChI=1S/C15H20BrNO2/c1-15(19)8-3-9-17(11-15)14(18)7-6-12-4-2-5-13(16)10-12/h2,4-5,10,19H,3,6-9,11H2,1H3. The van der Waals surface area contributed by atoms with E-state index in [-0.39, 0.29) is 5.91 Å². The third-order valence-corrected chi connectivity index (χ3v) is 4.04. The molecule has 0 bridgehead atoms. The van der Waals surface area contributed by atoms with Crippen molar-refractivity contribution in [2.45, 2.75) is 38.2 Å². The zero-order chi connectivity index (χ0) is 13.9. The molecule has 0 radical (unpaired) electrons. The van der Waals surface area contributed by atoms with E-state index < -0.39 is 5.60 Å². The minimum atomic E-state index is -0.719. The van der Waals surface area contributed by atoms with Crippen LogP contribution in [0.4, 0.5) is 0 Å². The van der Waals surface area contributed by atoms with Gasteiger partial charge >= 0.3 is 0 Å². The first kappa shape index (κ1) is 14.5. The number of benzene rings is 1. The number of nitrogens with zero attached hydrogens (tertiary/aromatic N) is 1. The molecule has 104 valence electrons. The van der Waals surface area contributed by atoms with E-state index in [9.17, 15) is 9.90 Å². The zero-order valence-electron chi connectivity index (χ0n) is 11.2. The van der Waals surface area contributed by atoms with Crippen LogP contribution in [0.3, 0.4) is 0 Å². The molecule has 1 aliphatic heterocycles. The Morgan fingerprint density at radius 2 is 2.32 bits per heavy atom. The summed E-state index contributed by atoms with van der Waals surface area (Å²) in [6.45, 7) is 3.04. The van der Waals surface area contributed by atoms with E-state index in [4.69, 9.17) is 0 Å². The van der Waals surface area contributed by atoms with Gasteiger partial charge in [0, 0.05) is 24.0 Å². The molecule has 3 nitrogen and oxygen atoms in total. The van der Waals surface area contributed by atoms with E-state index >= 15 is 0 Å². The predicted molar refractivity (Wildman–Crippen MR) is 78.9 cm³/mol. The second-order valence-electron chi connectivity index (χ2n) is 5.55. The number of halogens is 1. The molecule has 1 fully saturated rings. The van der Waals surface area contributed by atoms with Gasteiger partial charge in [0.05, 0.1) is 5.60 Å². The average molecular weight is 326 g/mol. The van der Waals surface area contributed by atoms with Crippen molar-refractivity contribution in [2.24, 2.45) is 0 Å². The summed E-state index contributed by atoms with van der Waals surface area (Å²) in [5, 5.41) is 10.0. The van der Waals surface area contributed by atoms with Gasteiger partial charge in [-0.3, -0.25) is 4.79 Å². The van der Waals surface area contributed by atoms with Crippen LogP contribution in [0.25, 0.3) is 0 Å². The second-order valence-corrected chi connectivity index (χ2v) is 6.46. The van der Waals surface area contributed by atoms with Gasteiger partial charge in [0.25, 0.3) is 0 Å². The van der Waals surface area contributed by atoms with E-state index in [1.54, 1.807) is 11.8 Å². The lowest BCUT2D eigenvalue weighted by Crippen LogP contribution is -2.48. The highest BCUT2D eigenvalue weighted by atomic mass is 79.9. The summed E-state index contributed by atoms with van der Waals surface area (Å²) in [4.78, 5) is 13.9. The minimum Gasteiger partial charge on any atom is -0.388 e. The Kier molecular flexibility index (Phi) is 4.63. The minimum absolute atomic E-state index is 0.139. The fraction of sp³-hybridized carbons (Fsp3) is 0.533. The molecule has 1 saturated heterocycles. The van der Waals surface area contributed by atoms with Crippen LogP contribution in [0.5, 0.6) is 0 Å². The number of aliphatic hydroxyl groups is 1. The number of aryl methyl sites for hydroxylation is 1. The summed E-state index contributed by atoms with van der Waals surface area (Å²) in [7, 11) is 0. The lowest BCUT2D eigenvalue weighted by molar-refractivity contribution is -0.137. The number of carbonyl (C=O) groups is 1. The predicted octanol–water partition coefficient (Wildman–Crippen LogP) is 2.76. The van der Waals surface area contributed by atoms with Gasteiger partial charge in [-0.2, -0.15) is 0 Å². The number of carbonyl (C=O) groups excluding carboxylic acids is 1. The Balaban J connectivity index is 1.87. The summed E-state index contributed by atoms with van der Waals surface area (Å²) in [6, 6.07) is 8.03. The van der Waals surface area contributed by atoms with E-state index in [1.807, 2.05) is 24.3 Å². The molecular formula is C15H20BrNO2. The molecule has 19 heavy (non-hydrogen) atoms. The van der Waals surface area contributed by atoms with Crippen molar-refractivity contribution in [3.05, 3.63) is 34.3 Å². The van der Waals surface area contributed by atoms with E-state index in [2.05, 4.69) is 15.9 Å². The summed E-state index contributed by atoms with van der Waals surface area (Å²) < 4.78 is 1.04. The number of rotatable bonds is 3. The Bertz CT molecular complexity index is 459. The maximum atomic E-state index is 12.1. The number of likely N-dealkylation sites (tertiary alicyclic amines) is 1. The smallest absolute Gasteiger partial charge is 0.222 e. The Morgan fingerprint density at radius 3 is 3.00 bits per heavy atom. The molecule has 1 amide bonds. The summed E-state index contributed by atoms with van der Waals surface area (Å²) >= 11 is 3.43. The third kappa shape index (κ3) is 4.32. The second kappa shape index (κ2) is 6.06. The van der Waals surface area contributed by atoms with Gasteiger partial charge in [0.15, 0.2) is 0 Å². The summed E-state index contributed by atoms with van der Waals surface area (Å²) in [6.07, 6.45) is 2.92. The molecule has 4 heteroatoms. The molecule has 1 aliphatic rings. The highest BCUT2D eigenvalue weighted by molar-refractivity contribution is 9.10. The zero-order valence-corrected chi connectivity index (χ0v) is 12.8. The van der Waals surface area contributed by atoms with Gasteiger partial charge in [0.1, 0.15) is 0 Å².